The standard InChI is InChI=1S/C20H24N6O/c1-14-7-5-8-16(13-14)26-15(2)19(23-24-26)20(27)22-17-9-3-4-10-18(17)25-12-6-11-21-25/h5-8,11-13,17-18H,3-4,9-10H2,1-2H3,(H,22,27). The third kappa shape index (κ3) is 3.49. The molecule has 1 aliphatic rings. The Kier molecular flexibility index (Phi) is 4.75. The Morgan fingerprint density at radius 3 is 2.81 bits per heavy atom. The van der Waals surface area contributed by atoms with Crippen LogP contribution in [0.5, 0.6) is 0 Å². The van der Waals surface area contributed by atoms with E-state index in [9.17, 15) is 4.79 Å². The van der Waals surface area contributed by atoms with Crippen molar-refractivity contribution >= 4 is 5.91 Å². The topological polar surface area (TPSA) is 77.6 Å². The molecule has 140 valence electrons. The third-order valence-corrected chi connectivity index (χ3v) is 5.27. The highest BCUT2D eigenvalue weighted by Gasteiger charge is 2.30. The largest absolute Gasteiger partial charge is 0.346 e. The number of nitrogens with one attached hydrogen (secondary N) is 1. The van der Waals surface area contributed by atoms with E-state index in [4.69, 9.17) is 0 Å². The molecule has 2 heterocycles. The molecule has 7 nitrogen and oxygen atoms in total. The monoisotopic (exact) mass is 364 g/mol. The number of hydrogen-bond acceptors (Lipinski definition) is 4. The van der Waals surface area contributed by atoms with Crippen molar-refractivity contribution < 1.29 is 4.79 Å². The van der Waals surface area contributed by atoms with Gasteiger partial charge in [0.15, 0.2) is 5.69 Å². The molecular weight excluding hydrogens is 340 g/mol. The highest BCUT2D eigenvalue weighted by Crippen LogP contribution is 2.28. The smallest absolute Gasteiger partial charge is 0.274 e. The van der Waals surface area contributed by atoms with Crippen molar-refractivity contribution in [2.24, 2.45) is 0 Å². The highest BCUT2D eigenvalue weighted by atomic mass is 16.2. The second-order valence-electron chi connectivity index (χ2n) is 7.19. The van der Waals surface area contributed by atoms with E-state index in [-0.39, 0.29) is 18.0 Å². The lowest BCUT2D eigenvalue weighted by Gasteiger charge is -2.32. The zero-order valence-corrected chi connectivity index (χ0v) is 15.7. The molecule has 7 heteroatoms. The molecule has 1 N–H and O–H groups in total. The van der Waals surface area contributed by atoms with Crippen molar-refractivity contribution in [1.82, 2.24) is 30.1 Å². The van der Waals surface area contributed by atoms with Crippen LogP contribution in [0.2, 0.25) is 0 Å². The minimum atomic E-state index is -0.171. The summed E-state index contributed by atoms with van der Waals surface area (Å²) in [7, 11) is 0. The minimum Gasteiger partial charge on any atom is -0.346 e. The molecule has 1 saturated carbocycles. The van der Waals surface area contributed by atoms with Gasteiger partial charge < -0.3 is 5.32 Å². The molecule has 1 aromatic carbocycles. The molecule has 0 radical (unpaired) electrons. The van der Waals surface area contributed by atoms with E-state index in [1.807, 2.05) is 55.1 Å². The van der Waals surface area contributed by atoms with Gasteiger partial charge in [-0.05, 0) is 50.5 Å². The Balaban J connectivity index is 1.55. The first-order valence-electron chi connectivity index (χ1n) is 9.43. The fourth-order valence-electron chi connectivity index (χ4n) is 3.85. The number of carbonyl (C=O) groups is 1. The Bertz CT molecular complexity index is 930. The molecule has 27 heavy (non-hydrogen) atoms. The molecule has 3 aromatic rings. The number of hydrogen-bond donors (Lipinski definition) is 1. The van der Waals surface area contributed by atoms with Crippen LogP contribution < -0.4 is 5.32 Å². The maximum absolute atomic E-state index is 12.9. The summed E-state index contributed by atoms with van der Waals surface area (Å²) in [5.41, 5.74) is 3.16. The van der Waals surface area contributed by atoms with Crippen LogP contribution in [0.3, 0.4) is 0 Å². The number of aromatic nitrogens is 5. The zero-order chi connectivity index (χ0) is 18.8. The second-order valence-corrected chi connectivity index (χ2v) is 7.19. The van der Waals surface area contributed by atoms with Crippen LogP contribution in [0.1, 0.15) is 53.5 Å². The maximum atomic E-state index is 12.9. The van der Waals surface area contributed by atoms with Crippen molar-refractivity contribution in [3.05, 3.63) is 59.7 Å². The van der Waals surface area contributed by atoms with Crippen LogP contribution >= 0.6 is 0 Å². The second kappa shape index (κ2) is 7.34. The number of amides is 1. The Morgan fingerprint density at radius 1 is 1.19 bits per heavy atom. The molecule has 0 aliphatic heterocycles. The van der Waals surface area contributed by atoms with Crippen LogP contribution in [0.4, 0.5) is 0 Å². The van der Waals surface area contributed by atoms with Gasteiger partial charge in [-0.3, -0.25) is 9.48 Å². The van der Waals surface area contributed by atoms with E-state index in [0.717, 1.165) is 42.6 Å². The molecule has 2 atom stereocenters. The number of aryl methyl sites for hydroxylation is 1. The predicted molar refractivity (Wildman–Crippen MR) is 102 cm³/mol. The molecule has 0 spiro atoms. The molecule has 2 unspecified atom stereocenters. The van der Waals surface area contributed by atoms with Gasteiger partial charge >= 0.3 is 0 Å². The molecule has 4 rings (SSSR count). The summed E-state index contributed by atoms with van der Waals surface area (Å²) >= 11 is 0. The van der Waals surface area contributed by atoms with Crippen LogP contribution in [0, 0.1) is 13.8 Å². The van der Waals surface area contributed by atoms with Crippen molar-refractivity contribution in [3.63, 3.8) is 0 Å². The van der Waals surface area contributed by atoms with Crippen molar-refractivity contribution in [2.75, 3.05) is 0 Å². The van der Waals surface area contributed by atoms with E-state index in [1.165, 1.54) is 0 Å². The number of rotatable bonds is 4. The van der Waals surface area contributed by atoms with E-state index in [2.05, 4.69) is 20.7 Å². The summed E-state index contributed by atoms with van der Waals surface area (Å²) < 4.78 is 3.67. The van der Waals surface area contributed by atoms with Crippen molar-refractivity contribution in [2.45, 2.75) is 51.6 Å². The van der Waals surface area contributed by atoms with Gasteiger partial charge in [0.2, 0.25) is 0 Å². The third-order valence-electron chi connectivity index (χ3n) is 5.27. The minimum absolute atomic E-state index is 0.0506. The lowest BCUT2D eigenvalue weighted by molar-refractivity contribution is 0.0899. The molecule has 0 saturated heterocycles. The van der Waals surface area contributed by atoms with Crippen LogP contribution in [0.15, 0.2) is 42.7 Å². The SMILES string of the molecule is Cc1cccc(-n2nnc(C(=O)NC3CCCCC3n3cccn3)c2C)c1. The first-order valence-corrected chi connectivity index (χ1v) is 9.43. The Labute approximate surface area is 158 Å². The van der Waals surface area contributed by atoms with Gasteiger partial charge in [0.1, 0.15) is 0 Å². The average molecular weight is 364 g/mol. The van der Waals surface area contributed by atoms with Gasteiger partial charge in [-0.2, -0.15) is 5.10 Å². The van der Waals surface area contributed by atoms with Crippen molar-refractivity contribution in [1.29, 1.82) is 0 Å². The lowest BCUT2D eigenvalue weighted by atomic mass is 9.90. The number of nitrogens with zero attached hydrogens (tertiary/aromatic N) is 5. The normalized spacial score (nSPS) is 19.8. The summed E-state index contributed by atoms with van der Waals surface area (Å²) in [6.45, 7) is 3.91. The quantitative estimate of drug-likeness (QED) is 0.772. The molecule has 2 aromatic heterocycles. The van der Waals surface area contributed by atoms with Gasteiger partial charge in [0.25, 0.3) is 5.91 Å². The van der Waals surface area contributed by atoms with Crippen LogP contribution in [-0.4, -0.2) is 36.7 Å². The van der Waals surface area contributed by atoms with E-state index in [0.29, 0.717) is 5.69 Å². The summed E-state index contributed by atoms with van der Waals surface area (Å²) in [6, 6.07) is 10.2. The Hall–Kier alpha value is -2.96. The van der Waals surface area contributed by atoms with Gasteiger partial charge in [0.05, 0.1) is 23.5 Å². The fraction of sp³-hybridized carbons (Fsp3) is 0.400. The summed E-state index contributed by atoms with van der Waals surface area (Å²) in [5.74, 6) is -0.171. The van der Waals surface area contributed by atoms with Gasteiger partial charge in [-0.15, -0.1) is 5.10 Å². The summed E-state index contributed by atoms with van der Waals surface area (Å²) in [5, 5.41) is 15.9. The van der Waals surface area contributed by atoms with E-state index < -0.39 is 0 Å². The van der Waals surface area contributed by atoms with Crippen molar-refractivity contribution in [3.8, 4) is 5.69 Å². The molecular formula is C20H24N6O. The van der Waals surface area contributed by atoms with Crippen LogP contribution in [0.25, 0.3) is 5.69 Å². The first kappa shape index (κ1) is 17.5. The van der Waals surface area contributed by atoms with Crippen LogP contribution in [-0.2, 0) is 0 Å². The van der Waals surface area contributed by atoms with Gasteiger partial charge in [-0.1, -0.05) is 30.2 Å². The van der Waals surface area contributed by atoms with Gasteiger partial charge in [-0.25, -0.2) is 4.68 Å². The highest BCUT2D eigenvalue weighted by molar-refractivity contribution is 5.93. The summed E-state index contributed by atoms with van der Waals surface area (Å²) in [4.78, 5) is 12.9. The lowest BCUT2D eigenvalue weighted by Crippen LogP contribution is -2.43. The maximum Gasteiger partial charge on any atom is 0.274 e. The number of benzene rings is 1. The first-order chi connectivity index (χ1) is 13.1. The Morgan fingerprint density at radius 2 is 2.04 bits per heavy atom. The zero-order valence-electron chi connectivity index (χ0n) is 15.7. The van der Waals surface area contributed by atoms with E-state index in [1.54, 1.807) is 10.9 Å². The predicted octanol–water partition coefficient (Wildman–Crippen LogP) is 2.99. The average Bonchev–Trinajstić information content (AvgIpc) is 3.32. The fourth-order valence-corrected chi connectivity index (χ4v) is 3.85. The molecule has 1 aliphatic carbocycles. The van der Waals surface area contributed by atoms with E-state index >= 15 is 0 Å². The molecule has 1 amide bonds. The molecule has 1 fully saturated rings. The molecule has 0 bridgehead atoms. The number of carbonyl (C=O) groups excluding carboxylic acids is 1. The van der Waals surface area contributed by atoms with Gasteiger partial charge in [0, 0.05) is 12.4 Å². The summed E-state index contributed by atoms with van der Waals surface area (Å²) in [6.07, 6.45) is 7.97.